The van der Waals surface area contributed by atoms with Gasteiger partial charge in [-0.3, -0.25) is 9.69 Å². The van der Waals surface area contributed by atoms with Gasteiger partial charge in [0.15, 0.2) is 0 Å². The van der Waals surface area contributed by atoms with Gasteiger partial charge in [-0.2, -0.15) is 0 Å². The van der Waals surface area contributed by atoms with Crippen molar-refractivity contribution in [2.24, 2.45) is 5.73 Å². The number of carbonyl (C=O) groups is 2. The number of hydrogen-bond acceptors (Lipinski definition) is 5. The summed E-state index contributed by atoms with van der Waals surface area (Å²) in [5, 5.41) is 5.49. The van der Waals surface area contributed by atoms with Crippen LogP contribution in [0.2, 0.25) is 0 Å². The van der Waals surface area contributed by atoms with Crippen molar-refractivity contribution in [2.75, 3.05) is 39.4 Å². The van der Waals surface area contributed by atoms with Gasteiger partial charge in [-0.1, -0.05) is 0 Å². The van der Waals surface area contributed by atoms with E-state index in [9.17, 15) is 9.59 Å². The summed E-state index contributed by atoms with van der Waals surface area (Å²) in [5.41, 5.74) is 5.10. The number of benzene rings is 1. The summed E-state index contributed by atoms with van der Waals surface area (Å²) in [5.74, 6) is 1.48. The van der Waals surface area contributed by atoms with Crippen molar-refractivity contribution in [3.8, 4) is 11.5 Å². The lowest BCUT2D eigenvalue weighted by Crippen LogP contribution is -2.42. The molecule has 0 bridgehead atoms. The van der Waals surface area contributed by atoms with Gasteiger partial charge >= 0.3 is 6.03 Å². The number of likely N-dealkylation sites (tertiary alicyclic amines) is 1. The molecule has 25 heavy (non-hydrogen) atoms. The smallest absolute Gasteiger partial charge is 0.312 e. The summed E-state index contributed by atoms with van der Waals surface area (Å²) in [7, 11) is 0. The van der Waals surface area contributed by atoms with E-state index in [4.69, 9.17) is 15.2 Å². The van der Waals surface area contributed by atoms with E-state index in [1.165, 1.54) is 0 Å². The molecular weight excluding hydrogens is 324 g/mol. The van der Waals surface area contributed by atoms with Crippen LogP contribution < -0.4 is 25.8 Å². The van der Waals surface area contributed by atoms with Crippen LogP contribution in [-0.2, 0) is 4.79 Å². The molecule has 2 rings (SSSR count). The Morgan fingerprint density at radius 1 is 1.24 bits per heavy atom. The Labute approximate surface area is 147 Å². The van der Waals surface area contributed by atoms with Crippen LogP contribution in [0.5, 0.6) is 11.5 Å². The quantitative estimate of drug-likeness (QED) is 0.556. The molecule has 138 valence electrons. The first-order valence-electron chi connectivity index (χ1n) is 8.47. The highest BCUT2D eigenvalue weighted by molar-refractivity contribution is 5.78. The van der Waals surface area contributed by atoms with Gasteiger partial charge < -0.3 is 25.8 Å². The van der Waals surface area contributed by atoms with Crippen LogP contribution in [0.25, 0.3) is 0 Å². The average Bonchev–Trinajstić information content (AvgIpc) is 2.99. The summed E-state index contributed by atoms with van der Waals surface area (Å²) in [4.78, 5) is 24.7. The zero-order valence-electron chi connectivity index (χ0n) is 14.5. The SMILES string of the molecule is CCOc1ccc(OCCNC(=O)CN2CCC(NC(N)=O)C2)cc1. The van der Waals surface area contributed by atoms with Gasteiger partial charge in [0.2, 0.25) is 5.91 Å². The first-order chi connectivity index (χ1) is 12.1. The molecule has 1 aliphatic rings. The maximum atomic E-state index is 11.9. The number of hydrogen-bond donors (Lipinski definition) is 3. The average molecular weight is 350 g/mol. The third kappa shape index (κ3) is 6.88. The molecule has 1 aromatic carbocycles. The normalized spacial score (nSPS) is 17.1. The molecule has 1 atom stereocenters. The largest absolute Gasteiger partial charge is 0.494 e. The number of carbonyl (C=O) groups excluding carboxylic acids is 2. The first-order valence-corrected chi connectivity index (χ1v) is 8.47. The van der Waals surface area contributed by atoms with Crippen LogP contribution >= 0.6 is 0 Å². The molecular formula is C17H26N4O4. The number of ether oxygens (including phenoxy) is 2. The second kappa shape index (κ2) is 9.73. The minimum atomic E-state index is -0.525. The maximum absolute atomic E-state index is 11.9. The first kappa shape index (κ1) is 18.9. The molecule has 0 spiro atoms. The number of amides is 3. The van der Waals surface area contributed by atoms with Crippen molar-refractivity contribution < 1.29 is 19.1 Å². The Kier molecular flexibility index (Phi) is 7.34. The predicted molar refractivity (Wildman–Crippen MR) is 93.7 cm³/mol. The summed E-state index contributed by atoms with van der Waals surface area (Å²) in [6, 6.07) is 6.87. The highest BCUT2D eigenvalue weighted by Gasteiger charge is 2.24. The van der Waals surface area contributed by atoms with Crippen molar-refractivity contribution in [3.05, 3.63) is 24.3 Å². The second-order valence-corrected chi connectivity index (χ2v) is 5.83. The van der Waals surface area contributed by atoms with Crippen LogP contribution in [0.4, 0.5) is 4.79 Å². The third-order valence-corrected chi connectivity index (χ3v) is 3.81. The Bertz CT molecular complexity index is 564. The standard InChI is InChI=1S/C17H26N4O4/c1-2-24-14-3-5-15(6-4-14)25-10-8-19-16(22)12-21-9-7-13(11-21)20-17(18)23/h3-6,13H,2,7-12H2,1H3,(H,19,22)(H3,18,20,23). The van der Waals surface area contributed by atoms with Crippen molar-refractivity contribution >= 4 is 11.9 Å². The van der Waals surface area contributed by atoms with Crippen LogP contribution in [0, 0.1) is 0 Å². The lowest BCUT2D eigenvalue weighted by molar-refractivity contribution is -0.122. The topological polar surface area (TPSA) is 106 Å². The fourth-order valence-corrected chi connectivity index (χ4v) is 2.71. The molecule has 1 unspecified atom stereocenters. The molecule has 1 saturated heterocycles. The summed E-state index contributed by atoms with van der Waals surface area (Å²) in [6.07, 6.45) is 0.803. The highest BCUT2D eigenvalue weighted by atomic mass is 16.5. The van der Waals surface area contributed by atoms with E-state index >= 15 is 0 Å². The van der Waals surface area contributed by atoms with Crippen LogP contribution in [0.3, 0.4) is 0 Å². The number of urea groups is 1. The molecule has 0 saturated carbocycles. The van der Waals surface area contributed by atoms with Crippen LogP contribution in [0.1, 0.15) is 13.3 Å². The fourth-order valence-electron chi connectivity index (χ4n) is 2.71. The number of nitrogens with two attached hydrogens (primary N) is 1. The lowest BCUT2D eigenvalue weighted by atomic mass is 10.3. The van der Waals surface area contributed by atoms with E-state index < -0.39 is 6.03 Å². The molecule has 0 radical (unpaired) electrons. The van der Waals surface area contributed by atoms with Gasteiger partial charge in [0, 0.05) is 19.1 Å². The van der Waals surface area contributed by atoms with Crippen molar-refractivity contribution in [1.29, 1.82) is 0 Å². The molecule has 8 heteroatoms. The fraction of sp³-hybridized carbons (Fsp3) is 0.529. The van der Waals surface area contributed by atoms with E-state index in [0.717, 1.165) is 24.5 Å². The number of nitrogens with one attached hydrogen (secondary N) is 2. The molecule has 3 amide bonds. The Morgan fingerprint density at radius 3 is 2.56 bits per heavy atom. The summed E-state index contributed by atoms with van der Waals surface area (Å²) >= 11 is 0. The van der Waals surface area contributed by atoms with Gasteiger partial charge in [-0.05, 0) is 37.6 Å². The summed E-state index contributed by atoms with van der Waals surface area (Å²) in [6.45, 7) is 5.10. The molecule has 1 fully saturated rings. The summed E-state index contributed by atoms with van der Waals surface area (Å²) < 4.78 is 10.9. The van der Waals surface area contributed by atoms with Crippen molar-refractivity contribution in [1.82, 2.24) is 15.5 Å². The number of primary amides is 1. The minimum Gasteiger partial charge on any atom is -0.494 e. The highest BCUT2D eigenvalue weighted by Crippen LogP contribution is 2.17. The molecule has 0 aromatic heterocycles. The van der Waals surface area contributed by atoms with E-state index in [1.807, 2.05) is 36.1 Å². The molecule has 4 N–H and O–H groups in total. The zero-order chi connectivity index (χ0) is 18.1. The van der Waals surface area contributed by atoms with E-state index in [1.54, 1.807) is 0 Å². The van der Waals surface area contributed by atoms with Gasteiger partial charge in [-0.25, -0.2) is 4.79 Å². The number of nitrogens with zero attached hydrogens (tertiary/aromatic N) is 1. The van der Waals surface area contributed by atoms with Gasteiger partial charge in [0.05, 0.1) is 19.7 Å². The van der Waals surface area contributed by atoms with Gasteiger partial charge in [-0.15, -0.1) is 0 Å². The predicted octanol–water partition coefficient (Wildman–Crippen LogP) is 0.323. The second-order valence-electron chi connectivity index (χ2n) is 5.83. The van der Waals surface area contributed by atoms with Gasteiger partial charge in [0.1, 0.15) is 18.1 Å². The minimum absolute atomic E-state index is 0.0216. The molecule has 1 aromatic rings. The number of rotatable bonds is 9. The molecule has 1 heterocycles. The van der Waals surface area contributed by atoms with Crippen LogP contribution in [0.15, 0.2) is 24.3 Å². The lowest BCUT2D eigenvalue weighted by Gasteiger charge is -2.16. The van der Waals surface area contributed by atoms with Crippen LogP contribution in [-0.4, -0.2) is 62.3 Å². The van der Waals surface area contributed by atoms with E-state index in [-0.39, 0.29) is 11.9 Å². The zero-order valence-corrected chi connectivity index (χ0v) is 14.5. The van der Waals surface area contributed by atoms with Crippen molar-refractivity contribution in [3.63, 3.8) is 0 Å². The van der Waals surface area contributed by atoms with Crippen molar-refractivity contribution in [2.45, 2.75) is 19.4 Å². The van der Waals surface area contributed by atoms with E-state index in [0.29, 0.717) is 32.8 Å². The Morgan fingerprint density at radius 2 is 1.92 bits per heavy atom. The van der Waals surface area contributed by atoms with E-state index in [2.05, 4.69) is 10.6 Å². The monoisotopic (exact) mass is 350 g/mol. The molecule has 1 aliphatic heterocycles. The molecule has 8 nitrogen and oxygen atoms in total. The maximum Gasteiger partial charge on any atom is 0.312 e. The molecule has 0 aliphatic carbocycles. The Hall–Kier alpha value is -2.48. The third-order valence-electron chi connectivity index (χ3n) is 3.81. The van der Waals surface area contributed by atoms with Gasteiger partial charge in [0.25, 0.3) is 0 Å². The Balaban J connectivity index is 1.58.